The number of aryl methyl sites for hydroxylation is 2. The van der Waals surface area contributed by atoms with Crippen LogP contribution in [0.1, 0.15) is 68.2 Å². The highest BCUT2D eigenvalue weighted by molar-refractivity contribution is 7.09. The van der Waals surface area contributed by atoms with Gasteiger partial charge in [0.15, 0.2) is 0 Å². The number of amides is 2. The Morgan fingerprint density at radius 3 is 2.16 bits per heavy atom. The number of hydrogen-bond acceptors (Lipinski definition) is 5. The van der Waals surface area contributed by atoms with Crippen LogP contribution in [-0.4, -0.2) is 28.9 Å². The first-order valence-electron chi connectivity index (χ1n) is 12.0. The summed E-state index contributed by atoms with van der Waals surface area (Å²) in [4.78, 5) is 30.0. The van der Waals surface area contributed by atoms with Gasteiger partial charge in [0, 0.05) is 23.0 Å². The zero-order valence-corrected chi connectivity index (χ0v) is 21.3. The molecule has 1 saturated carbocycles. The number of alkyl halides is 3. The molecule has 1 aliphatic rings. The van der Waals surface area contributed by atoms with Crippen molar-refractivity contribution in [3.63, 3.8) is 0 Å². The average molecular weight is 532 g/mol. The van der Waals surface area contributed by atoms with Crippen molar-refractivity contribution >= 4 is 23.2 Å². The number of aromatic nitrogens is 1. The molecule has 2 N–H and O–H groups in total. The Hall–Kier alpha value is -3.40. The van der Waals surface area contributed by atoms with E-state index < -0.39 is 17.6 Å². The first-order chi connectivity index (χ1) is 17.6. The minimum absolute atomic E-state index is 0.136. The first kappa shape index (κ1) is 26.7. The van der Waals surface area contributed by atoms with Gasteiger partial charge in [-0.15, -0.1) is 11.3 Å². The molecule has 2 amide bonds. The maximum atomic E-state index is 12.9. The summed E-state index contributed by atoms with van der Waals surface area (Å²) in [5.41, 5.74) is 1.80. The Morgan fingerprint density at radius 2 is 1.57 bits per heavy atom. The fourth-order valence-corrected chi connectivity index (χ4v) is 5.11. The SMILES string of the molecule is Cc1cc(C)cc(OCc2nc(C(=O)N[C@H]3CCCC[C@@H]3NC(=O)c3ccc(C(F)(F)F)cc3)cs2)c1. The van der Waals surface area contributed by atoms with Crippen molar-refractivity contribution in [3.05, 3.63) is 80.8 Å². The summed E-state index contributed by atoms with van der Waals surface area (Å²) in [6, 6.07) is 9.39. The second-order valence-corrected chi connectivity index (χ2v) is 10.2. The second kappa shape index (κ2) is 11.3. The van der Waals surface area contributed by atoms with E-state index in [1.54, 1.807) is 5.38 Å². The van der Waals surface area contributed by atoms with Crippen molar-refractivity contribution in [3.8, 4) is 5.75 Å². The number of benzene rings is 2. The summed E-state index contributed by atoms with van der Waals surface area (Å²) in [6.07, 6.45) is -1.36. The van der Waals surface area contributed by atoms with Crippen LogP contribution in [0.15, 0.2) is 47.8 Å². The molecule has 196 valence electrons. The summed E-state index contributed by atoms with van der Waals surface area (Å²) in [5, 5.41) is 8.20. The van der Waals surface area contributed by atoms with E-state index in [2.05, 4.69) is 21.7 Å². The predicted molar refractivity (Wildman–Crippen MR) is 135 cm³/mol. The standard InChI is InChI=1S/C27H28F3N3O3S/c1-16-11-17(2)13-20(12-16)36-14-24-31-23(15-37-24)26(35)33-22-6-4-3-5-21(22)32-25(34)18-7-9-19(10-8-18)27(28,29)30/h7-13,15,21-22H,3-6,14H2,1-2H3,(H,32,34)(H,33,35)/t21-,22-/m0/s1. The summed E-state index contributed by atoms with van der Waals surface area (Å²) in [7, 11) is 0. The van der Waals surface area contributed by atoms with Crippen LogP contribution in [0.4, 0.5) is 13.2 Å². The van der Waals surface area contributed by atoms with Crippen LogP contribution in [0.2, 0.25) is 0 Å². The first-order valence-corrected chi connectivity index (χ1v) is 12.9. The van der Waals surface area contributed by atoms with E-state index >= 15 is 0 Å². The summed E-state index contributed by atoms with van der Waals surface area (Å²) < 4.78 is 44.2. The number of ether oxygens (including phenoxy) is 1. The molecule has 10 heteroatoms. The lowest BCUT2D eigenvalue weighted by atomic mass is 9.90. The maximum absolute atomic E-state index is 12.9. The normalized spacial score (nSPS) is 17.8. The largest absolute Gasteiger partial charge is 0.486 e. The number of carbonyl (C=O) groups excluding carboxylic acids is 2. The molecule has 0 radical (unpaired) electrons. The quantitative estimate of drug-likeness (QED) is 0.402. The van der Waals surface area contributed by atoms with Gasteiger partial charge < -0.3 is 15.4 Å². The van der Waals surface area contributed by atoms with E-state index in [4.69, 9.17) is 4.74 Å². The third kappa shape index (κ3) is 7.09. The van der Waals surface area contributed by atoms with Gasteiger partial charge in [0.05, 0.1) is 5.56 Å². The Balaban J connectivity index is 1.34. The number of thiazole rings is 1. The zero-order chi connectivity index (χ0) is 26.6. The van der Waals surface area contributed by atoms with Crippen LogP contribution in [-0.2, 0) is 12.8 Å². The molecule has 6 nitrogen and oxygen atoms in total. The third-order valence-electron chi connectivity index (χ3n) is 6.22. The Kier molecular flexibility index (Phi) is 8.16. The van der Waals surface area contributed by atoms with Crippen LogP contribution < -0.4 is 15.4 Å². The number of halogens is 3. The predicted octanol–water partition coefficient (Wildman–Crippen LogP) is 5.83. The highest BCUT2D eigenvalue weighted by Gasteiger charge is 2.31. The lowest BCUT2D eigenvalue weighted by Crippen LogP contribution is -2.53. The molecule has 37 heavy (non-hydrogen) atoms. The highest BCUT2D eigenvalue weighted by atomic mass is 32.1. The Morgan fingerprint density at radius 1 is 0.973 bits per heavy atom. The lowest BCUT2D eigenvalue weighted by molar-refractivity contribution is -0.137. The molecule has 0 unspecified atom stereocenters. The topological polar surface area (TPSA) is 80.3 Å². The van der Waals surface area contributed by atoms with Gasteiger partial charge in [-0.05, 0) is 74.2 Å². The summed E-state index contributed by atoms with van der Waals surface area (Å²) in [6.45, 7) is 4.24. The molecule has 0 aliphatic heterocycles. The fourth-order valence-electron chi connectivity index (χ4n) is 4.42. The lowest BCUT2D eigenvalue weighted by Gasteiger charge is -2.32. The second-order valence-electron chi connectivity index (χ2n) is 9.26. The summed E-state index contributed by atoms with van der Waals surface area (Å²) >= 11 is 1.33. The minimum atomic E-state index is -4.46. The van der Waals surface area contributed by atoms with Crippen LogP contribution in [0.5, 0.6) is 5.75 Å². The van der Waals surface area contributed by atoms with Crippen molar-refractivity contribution in [1.29, 1.82) is 0 Å². The maximum Gasteiger partial charge on any atom is 0.416 e. The van der Waals surface area contributed by atoms with E-state index in [0.717, 1.165) is 54.0 Å². The number of hydrogen-bond donors (Lipinski definition) is 2. The van der Waals surface area contributed by atoms with E-state index in [1.807, 2.05) is 26.0 Å². The highest BCUT2D eigenvalue weighted by Crippen LogP contribution is 2.29. The molecule has 0 saturated heterocycles. The number of nitrogens with one attached hydrogen (secondary N) is 2. The summed E-state index contributed by atoms with van der Waals surface area (Å²) in [5.74, 6) is -0.0681. The average Bonchev–Trinajstić information content (AvgIpc) is 3.32. The molecule has 0 spiro atoms. The molecule has 1 aromatic heterocycles. The molecule has 3 aromatic rings. The molecule has 1 heterocycles. The molecule has 4 rings (SSSR count). The molecular weight excluding hydrogens is 503 g/mol. The van der Waals surface area contributed by atoms with Crippen LogP contribution >= 0.6 is 11.3 Å². The van der Waals surface area contributed by atoms with Crippen LogP contribution in [0.25, 0.3) is 0 Å². The van der Waals surface area contributed by atoms with Crippen molar-refractivity contribution in [2.45, 2.75) is 64.4 Å². The van der Waals surface area contributed by atoms with Gasteiger partial charge in [0.1, 0.15) is 23.1 Å². The Bertz CT molecular complexity index is 1240. The number of nitrogens with zero attached hydrogens (tertiary/aromatic N) is 1. The zero-order valence-electron chi connectivity index (χ0n) is 20.5. The molecule has 2 aromatic carbocycles. The monoisotopic (exact) mass is 531 g/mol. The molecular formula is C27H28F3N3O3S. The van der Waals surface area contributed by atoms with Crippen molar-refractivity contribution in [2.75, 3.05) is 0 Å². The molecule has 1 fully saturated rings. The van der Waals surface area contributed by atoms with Gasteiger partial charge in [-0.1, -0.05) is 18.9 Å². The van der Waals surface area contributed by atoms with E-state index in [9.17, 15) is 22.8 Å². The minimum Gasteiger partial charge on any atom is -0.486 e. The number of carbonyl (C=O) groups is 2. The van der Waals surface area contributed by atoms with Crippen LogP contribution in [0, 0.1) is 13.8 Å². The van der Waals surface area contributed by atoms with Crippen molar-refractivity contribution in [1.82, 2.24) is 15.6 Å². The van der Waals surface area contributed by atoms with Crippen LogP contribution in [0.3, 0.4) is 0 Å². The van der Waals surface area contributed by atoms with Crippen molar-refractivity contribution in [2.24, 2.45) is 0 Å². The van der Waals surface area contributed by atoms with E-state index in [-0.39, 0.29) is 35.9 Å². The van der Waals surface area contributed by atoms with Gasteiger partial charge in [-0.3, -0.25) is 9.59 Å². The van der Waals surface area contributed by atoms with Gasteiger partial charge in [-0.2, -0.15) is 13.2 Å². The number of rotatable bonds is 7. The smallest absolute Gasteiger partial charge is 0.416 e. The molecule has 1 aliphatic carbocycles. The van der Waals surface area contributed by atoms with E-state index in [1.165, 1.54) is 11.3 Å². The van der Waals surface area contributed by atoms with Gasteiger partial charge in [-0.25, -0.2) is 4.98 Å². The van der Waals surface area contributed by atoms with Gasteiger partial charge in [0.2, 0.25) is 0 Å². The van der Waals surface area contributed by atoms with Crippen molar-refractivity contribution < 1.29 is 27.5 Å². The van der Waals surface area contributed by atoms with Gasteiger partial charge in [0.25, 0.3) is 11.8 Å². The molecule has 0 bridgehead atoms. The Labute approximate surface area is 217 Å². The molecule has 2 atom stereocenters. The van der Waals surface area contributed by atoms with E-state index in [0.29, 0.717) is 17.8 Å². The van der Waals surface area contributed by atoms with Gasteiger partial charge >= 0.3 is 6.18 Å². The fraction of sp³-hybridized carbons (Fsp3) is 0.370. The third-order valence-corrected chi connectivity index (χ3v) is 7.04.